The van der Waals surface area contributed by atoms with Crippen molar-refractivity contribution in [1.82, 2.24) is 9.97 Å². The topological polar surface area (TPSA) is 66.9 Å². The van der Waals surface area contributed by atoms with E-state index in [1.54, 1.807) is 12.4 Å². The second-order valence-electron chi connectivity index (χ2n) is 5.26. The van der Waals surface area contributed by atoms with Crippen molar-refractivity contribution in [3.05, 3.63) is 48.4 Å². The Morgan fingerprint density at radius 2 is 2.14 bits per heavy atom. The van der Waals surface area contributed by atoms with E-state index in [1.165, 1.54) is 0 Å². The summed E-state index contributed by atoms with van der Waals surface area (Å²) < 4.78 is 0. The van der Waals surface area contributed by atoms with E-state index in [0.717, 1.165) is 36.3 Å². The average molecular weight is 282 g/mol. The van der Waals surface area contributed by atoms with Crippen LogP contribution in [0.2, 0.25) is 0 Å². The quantitative estimate of drug-likeness (QED) is 0.885. The minimum atomic E-state index is 0.110. The standard InChI is InChI=1S/C16H18N4O/c21-16(13-4-1-5-13)20-14-6-7-15(19-11-14)18-10-12-3-2-8-17-9-12/h2-3,6-9,11,13H,1,4-5,10H2,(H,18,19)(H,20,21). The summed E-state index contributed by atoms with van der Waals surface area (Å²) in [5.74, 6) is 1.08. The molecule has 5 heteroatoms. The lowest BCUT2D eigenvalue weighted by atomic mass is 9.85. The maximum atomic E-state index is 11.8. The molecule has 0 spiro atoms. The van der Waals surface area contributed by atoms with Gasteiger partial charge in [0.25, 0.3) is 0 Å². The number of aromatic nitrogens is 2. The average Bonchev–Trinajstić information content (AvgIpc) is 2.46. The van der Waals surface area contributed by atoms with Gasteiger partial charge in [-0.05, 0) is 36.6 Å². The van der Waals surface area contributed by atoms with Gasteiger partial charge in [-0.3, -0.25) is 9.78 Å². The molecule has 1 aliphatic carbocycles. The molecule has 0 atom stereocenters. The van der Waals surface area contributed by atoms with E-state index >= 15 is 0 Å². The number of hydrogen-bond donors (Lipinski definition) is 2. The number of nitrogens with one attached hydrogen (secondary N) is 2. The lowest BCUT2D eigenvalue weighted by Crippen LogP contribution is -2.28. The maximum Gasteiger partial charge on any atom is 0.227 e. The van der Waals surface area contributed by atoms with E-state index in [0.29, 0.717) is 6.54 Å². The number of pyridine rings is 2. The number of amides is 1. The fraction of sp³-hybridized carbons (Fsp3) is 0.312. The first-order valence-corrected chi connectivity index (χ1v) is 7.21. The predicted molar refractivity (Wildman–Crippen MR) is 81.8 cm³/mol. The van der Waals surface area contributed by atoms with Gasteiger partial charge in [-0.1, -0.05) is 12.5 Å². The third kappa shape index (κ3) is 3.56. The van der Waals surface area contributed by atoms with Gasteiger partial charge in [0.05, 0.1) is 11.9 Å². The highest BCUT2D eigenvalue weighted by atomic mass is 16.1. The highest BCUT2D eigenvalue weighted by Gasteiger charge is 2.25. The van der Waals surface area contributed by atoms with Crippen molar-refractivity contribution < 1.29 is 4.79 Å². The fourth-order valence-corrected chi connectivity index (χ4v) is 2.18. The Hall–Kier alpha value is -2.43. The summed E-state index contributed by atoms with van der Waals surface area (Å²) in [5, 5.41) is 6.13. The number of carbonyl (C=O) groups is 1. The molecule has 2 heterocycles. The van der Waals surface area contributed by atoms with Gasteiger partial charge in [0.1, 0.15) is 5.82 Å². The van der Waals surface area contributed by atoms with Gasteiger partial charge in [-0.15, -0.1) is 0 Å². The molecule has 1 fully saturated rings. The summed E-state index contributed by atoms with van der Waals surface area (Å²) in [6.07, 6.45) is 8.42. The largest absolute Gasteiger partial charge is 0.366 e. The molecule has 0 radical (unpaired) electrons. The van der Waals surface area contributed by atoms with Gasteiger partial charge in [0, 0.05) is 24.9 Å². The van der Waals surface area contributed by atoms with Crippen molar-refractivity contribution in [2.45, 2.75) is 25.8 Å². The molecule has 108 valence electrons. The first-order chi connectivity index (χ1) is 10.3. The first kappa shape index (κ1) is 13.5. The van der Waals surface area contributed by atoms with Crippen LogP contribution in [0, 0.1) is 5.92 Å². The summed E-state index contributed by atoms with van der Waals surface area (Å²) >= 11 is 0. The number of anilines is 2. The van der Waals surface area contributed by atoms with E-state index < -0.39 is 0 Å². The lowest BCUT2D eigenvalue weighted by Gasteiger charge is -2.23. The second-order valence-corrected chi connectivity index (χ2v) is 5.26. The van der Waals surface area contributed by atoms with E-state index in [4.69, 9.17) is 0 Å². The molecule has 21 heavy (non-hydrogen) atoms. The van der Waals surface area contributed by atoms with Crippen LogP contribution in [0.1, 0.15) is 24.8 Å². The van der Waals surface area contributed by atoms with Crippen LogP contribution in [0.25, 0.3) is 0 Å². The molecular weight excluding hydrogens is 264 g/mol. The number of carbonyl (C=O) groups excluding carboxylic acids is 1. The molecule has 1 amide bonds. The Morgan fingerprint density at radius 3 is 2.76 bits per heavy atom. The fourth-order valence-electron chi connectivity index (χ4n) is 2.18. The molecule has 0 saturated heterocycles. The Kier molecular flexibility index (Phi) is 4.09. The number of nitrogens with zero attached hydrogens (tertiary/aromatic N) is 2. The molecule has 1 saturated carbocycles. The molecule has 0 aliphatic heterocycles. The zero-order valence-corrected chi connectivity index (χ0v) is 11.7. The minimum absolute atomic E-state index is 0.110. The third-order valence-electron chi connectivity index (χ3n) is 3.70. The molecular formula is C16H18N4O. The van der Waals surface area contributed by atoms with Crippen LogP contribution in [0.3, 0.4) is 0 Å². The molecule has 1 aliphatic rings. The molecule has 0 aromatic carbocycles. The van der Waals surface area contributed by atoms with E-state index in [9.17, 15) is 4.79 Å². The summed E-state index contributed by atoms with van der Waals surface area (Å²) in [4.78, 5) is 20.2. The van der Waals surface area contributed by atoms with Crippen molar-refractivity contribution >= 4 is 17.4 Å². The Balaban J connectivity index is 1.52. The summed E-state index contributed by atoms with van der Waals surface area (Å²) in [6.45, 7) is 0.675. The second kappa shape index (κ2) is 6.35. The van der Waals surface area contributed by atoms with Gasteiger partial charge in [-0.25, -0.2) is 4.98 Å². The van der Waals surface area contributed by atoms with Crippen molar-refractivity contribution in [3.8, 4) is 0 Å². The Morgan fingerprint density at radius 1 is 1.24 bits per heavy atom. The van der Waals surface area contributed by atoms with Gasteiger partial charge in [0.15, 0.2) is 0 Å². The molecule has 0 bridgehead atoms. The predicted octanol–water partition coefficient (Wildman–Crippen LogP) is 2.83. The highest BCUT2D eigenvalue weighted by Crippen LogP contribution is 2.27. The smallest absolute Gasteiger partial charge is 0.227 e. The van der Waals surface area contributed by atoms with Crippen molar-refractivity contribution in [2.24, 2.45) is 5.92 Å². The summed E-state index contributed by atoms with van der Waals surface area (Å²) in [7, 11) is 0. The molecule has 3 rings (SSSR count). The van der Waals surface area contributed by atoms with Gasteiger partial charge < -0.3 is 10.6 Å². The normalized spacial score (nSPS) is 14.3. The third-order valence-corrected chi connectivity index (χ3v) is 3.70. The molecule has 5 nitrogen and oxygen atoms in total. The molecule has 0 unspecified atom stereocenters. The molecule has 2 aromatic heterocycles. The van der Waals surface area contributed by atoms with Gasteiger partial charge in [-0.2, -0.15) is 0 Å². The van der Waals surface area contributed by atoms with Crippen molar-refractivity contribution in [3.63, 3.8) is 0 Å². The van der Waals surface area contributed by atoms with E-state index in [2.05, 4.69) is 20.6 Å². The Labute approximate surface area is 123 Å². The zero-order chi connectivity index (χ0) is 14.5. The monoisotopic (exact) mass is 282 g/mol. The van der Waals surface area contributed by atoms with E-state index in [-0.39, 0.29) is 11.8 Å². The van der Waals surface area contributed by atoms with Crippen LogP contribution in [-0.4, -0.2) is 15.9 Å². The lowest BCUT2D eigenvalue weighted by molar-refractivity contribution is -0.122. The minimum Gasteiger partial charge on any atom is -0.366 e. The Bertz CT molecular complexity index is 593. The number of rotatable bonds is 5. The summed E-state index contributed by atoms with van der Waals surface area (Å²) in [6, 6.07) is 7.65. The van der Waals surface area contributed by atoms with Crippen molar-refractivity contribution in [1.29, 1.82) is 0 Å². The van der Waals surface area contributed by atoms with Crippen LogP contribution >= 0.6 is 0 Å². The van der Waals surface area contributed by atoms with Crippen LogP contribution in [0.4, 0.5) is 11.5 Å². The molecule has 2 aromatic rings. The van der Waals surface area contributed by atoms with Gasteiger partial charge >= 0.3 is 0 Å². The highest BCUT2D eigenvalue weighted by molar-refractivity contribution is 5.92. The number of hydrogen-bond acceptors (Lipinski definition) is 4. The summed E-state index contributed by atoms with van der Waals surface area (Å²) in [5.41, 5.74) is 1.85. The van der Waals surface area contributed by atoms with Crippen LogP contribution in [0.5, 0.6) is 0 Å². The van der Waals surface area contributed by atoms with Crippen LogP contribution in [0.15, 0.2) is 42.9 Å². The van der Waals surface area contributed by atoms with Crippen molar-refractivity contribution in [2.75, 3.05) is 10.6 Å². The maximum absolute atomic E-state index is 11.8. The molecule has 2 N–H and O–H groups in total. The SMILES string of the molecule is O=C(Nc1ccc(NCc2cccnc2)nc1)C1CCC1. The van der Waals surface area contributed by atoms with Crippen LogP contribution < -0.4 is 10.6 Å². The first-order valence-electron chi connectivity index (χ1n) is 7.21. The zero-order valence-electron chi connectivity index (χ0n) is 11.7. The van der Waals surface area contributed by atoms with Gasteiger partial charge in [0.2, 0.25) is 5.91 Å². The van der Waals surface area contributed by atoms with E-state index in [1.807, 2.05) is 30.5 Å². The van der Waals surface area contributed by atoms with Crippen LogP contribution in [-0.2, 0) is 11.3 Å².